The fraction of sp³-hybridized carbons (Fsp3) is 0.205. The van der Waals surface area contributed by atoms with Gasteiger partial charge in [0, 0.05) is 34.7 Å². The molecule has 6 aromatic rings. The first-order valence-electron chi connectivity index (χ1n) is 15.7. The number of nitrogens with zero attached hydrogens (tertiary/aromatic N) is 3. The third-order valence-corrected chi connectivity index (χ3v) is 9.05. The fourth-order valence-corrected chi connectivity index (χ4v) is 6.16. The SMILES string of the molecule is CCCCc1ccc(Cn2nc(-c3cnc4ccccc4c3)cc2-c2cccc(C(=O)NC(Cc3ccc(O)cc3)SC)c2)cc1. The molecule has 2 heterocycles. The molecule has 1 amide bonds. The average Bonchev–Trinajstić information content (AvgIpc) is 3.52. The van der Waals surface area contributed by atoms with Crippen molar-refractivity contribution in [1.29, 1.82) is 0 Å². The van der Waals surface area contributed by atoms with Crippen LogP contribution < -0.4 is 5.32 Å². The molecule has 1 unspecified atom stereocenters. The zero-order chi connectivity index (χ0) is 31.9. The van der Waals surface area contributed by atoms with E-state index in [-0.39, 0.29) is 17.0 Å². The maximum Gasteiger partial charge on any atom is 0.252 e. The molecule has 2 aromatic heterocycles. The van der Waals surface area contributed by atoms with Crippen molar-refractivity contribution in [1.82, 2.24) is 20.1 Å². The predicted octanol–water partition coefficient (Wildman–Crippen LogP) is 8.52. The van der Waals surface area contributed by atoms with Crippen molar-refractivity contribution in [3.63, 3.8) is 0 Å². The second-order valence-electron chi connectivity index (χ2n) is 11.6. The molecule has 0 bridgehead atoms. The third-order valence-electron chi connectivity index (χ3n) is 8.20. The first kappa shape index (κ1) is 31.1. The minimum atomic E-state index is -0.132. The summed E-state index contributed by atoms with van der Waals surface area (Å²) in [7, 11) is 0. The number of hydrogen-bond acceptors (Lipinski definition) is 5. The number of amides is 1. The van der Waals surface area contributed by atoms with Crippen molar-refractivity contribution in [2.75, 3.05) is 6.26 Å². The summed E-state index contributed by atoms with van der Waals surface area (Å²) in [5, 5.41) is 18.8. The van der Waals surface area contributed by atoms with Crippen LogP contribution in [-0.4, -0.2) is 37.4 Å². The summed E-state index contributed by atoms with van der Waals surface area (Å²) in [4.78, 5) is 18.2. The molecular weight excluding hydrogens is 589 g/mol. The predicted molar refractivity (Wildman–Crippen MR) is 189 cm³/mol. The molecule has 46 heavy (non-hydrogen) atoms. The van der Waals surface area contributed by atoms with Crippen LogP contribution in [0.5, 0.6) is 5.75 Å². The molecular formula is C39H38N4O2S. The molecule has 7 heteroatoms. The number of carbonyl (C=O) groups excluding carboxylic acids is 1. The normalized spacial score (nSPS) is 11.9. The van der Waals surface area contributed by atoms with Crippen LogP contribution in [0.25, 0.3) is 33.4 Å². The van der Waals surface area contributed by atoms with Crippen molar-refractivity contribution in [2.45, 2.75) is 44.5 Å². The van der Waals surface area contributed by atoms with Crippen LogP contribution in [0.1, 0.15) is 46.8 Å². The summed E-state index contributed by atoms with van der Waals surface area (Å²) < 4.78 is 2.03. The fourth-order valence-electron chi connectivity index (χ4n) is 5.58. The Morgan fingerprint density at radius 1 is 0.870 bits per heavy atom. The Bertz CT molecular complexity index is 1930. The summed E-state index contributed by atoms with van der Waals surface area (Å²) in [6, 6.07) is 36.0. The van der Waals surface area contributed by atoms with Gasteiger partial charge in [0.2, 0.25) is 0 Å². The Hall–Kier alpha value is -4.88. The number of rotatable bonds is 12. The van der Waals surface area contributed by atoms with Crippen LogP contribution in [0.3, 0.4) is 0 Å². The van der Waals surface area contributed by atoms with E-state index in [4.69, 9.17) is 5.10 Å². The first-order chi connectivity index (χ1) is 22.5. The summed E-state index contributed by atoms with van der Waals surface area (Å²) in [6.07, 6.45) is 7.97. The molecule has 0 saturated heterocycles. The van der Waals surface area contributed by atoms with Crippen LogP contribution in [0.2, 0.25) is 0 Å². The van der Waals surface area contributed by atoms with Gasteiger partial charge in [0.15, 0.2) is 0 Å². The Morgan fingerprint density at radius 3 is 2.41 bits per heavy atom. The van der Waals surface area contributed by atoms with Crippen molar-refractivity contribution < 1.29 is 9.90 Å². The lowest BCUT2D eigenvalue weighted by Gasteiger charge is -2.17. The molecule has 2 N–H and O–H groups in total. The minimum Gasteiger partial charge on any atom is -0.508 e. The smallest absolute Gasteiger partial charge is 0.252 e. The first-order valence-corrected chi connectivity index (χ1v) is 17.0. The molecule has 0 aliphatic heterocycles. The number of pyridine rings is 1. The van der Waals surface area contributed by atoms with E-state index >= 15 is 0 Å². The molecule has 0 aliphatic rings. The van der Waals surface area contributed by atoms with E-state index < -0.39 is 0 Å². The number of unbranched alkanes of at least 4 members (excludes halogenated alkanes) is 1. The van der Waals surface area contributed by atoms with Crippen molar-refractivity contribution in [3.05, 3.63) is 138 Å². The standard InChI is InChI=1S/C39H38N4O2S/c1-3-4-8-27-13-15-29(16-14-27)26-43-37(24-36(42-43)33-22-30-9-5-6-12-35(30)40-25-33)31-10-7-11-32(23-31)39(45)41-38(46-2)21-28-17-19-34(44)20-18-28/h5-7,9-20,22-25,38,44H,3-4,8,21,26H2,1-2H3,(H,41,45). The van der Waals surface area contributed by atoms with Gasteiger partial charge < -0.3 is 10.4 Å². The number of hydrogen-bond donors (Lipinski definition) is 2. The molecule has 0 fully saturated rings. The van der Waals surface area contributed by atoms with Gasteiger partial charge in [0.25, 0.3) is 5.91 Å². The van der Waals surface area contributed by atoms with Crippen LogP contribution in [0.15, 0.2) is 115 Å². The maximum absolute atomic E-state index is 13.5. The largest absolute Gasteiger partial charge is 0.508 e. The second kappa shape index (κ2) is 14.5. The van der Waals surface area contributed by atoms with Gasteiger partial charge in [-0.2, -0.15) is 5.10 Å². The highest BCUT2D eigenvalue weighted by atomic mass is 32.2. The zero-order valence-electron chi connectivity index (χ0n) is 26.2. The number of aromatic hydroxyl groups is 1. The van der Waals surface area contributed by atoms with E-state index in [1.54, 1.807) is 23.9 Å². The number of carbonyl (C=O) groups is 1. The van der Waals surface area contributed by atoms with E-state index in [1.807, 2.05) is 71.7 Å². The van der Waals surface area contributed by atoms with Crippen LogP contribution >= 0.6 is 11.8 Å². The Labute approximate surface area is 274 Å². The number of fused-ring (bicyclic) bond motifs is 1. The number of aromatic nitrogens is 3. The summed E-state index contributed by atoms with van der Waals surface area (Å²) in [6.45, 7) is 2.82. The van der Waals surface area contributed by atoms with E-state index in [2.05, 4.69) is 59.7 Å². The van der Waals surface area contributed by atoms with Gasteiger partial charge in [0.05, 0.1) is 28.8 Å². The van der Waals surface area contributed by atoms with Gasteiger partial charge >= 0.3 is 0 Å². The second-order valence-corrected chi connectivity index (χ2v) is 12.6. The number of phenolic OH excluding ortho intramolecular Hbond substituents is 1. The number of phenols is 1. The average molecular weight is 627 g/mol. The molecule has 6 nitrogen and oxygen atoms in total. The van der Waals surface area contributed by atoms with E-state index in [0.29, 0.717) is 18.5 Å². The molecule has 6 rings (SSSR count). The highest BCUT2D eigenvalue weighted by molar-refractivity contribution is 7.99. The highest BCUT2D eigenvalue weighted by Crippen LogP contribution is 2.29. The highest BCUT2D eigenvalue weighted by Gasteiger charge is 2.17. The number of para-hydroxylation sites is 1. The van der Waals surface area contributed by atoms with Crippen LogP contribution in [0.4, 0.5) is 0 Å². The number of aryl methyl sites for hydroxylation is 1. The number of benzene rings is 4. The minimum absolute atomic E-state index is 0.112. The van der Waals surface area contributed by atoms with Gasteiger partial charge in [-0.1, -0.05) is 80.1 Å². The summed E-state index contributed by atoms with van der Waals surface area (Å²) in [5.41, 5.74) is 8.71. The molecule has 0 saturated carbocycles. The lowest BCUT2D eigenvalue weighted by molar-refractivity contribution is 0.0950. The summed E-state index contributed by atoms with van der Waals surface area (Å²) >= 11 is 1.59. The van der Waals surface area contributed by atoms with Crippen molar-refractivity contribution in [2.24, 2.45) is 0 Å². The molecule has 4 aromatic carbocycles. The Balaban J connectivity index is 1.30. The molecule has 0 aliphatic carbocycles. The Morgan fingerprint density at radius 2 is 1.63 bits per heavy atom. The van der Waals surface area contributed by atoms with Gasteiger partial charge in [0.1, 0.15) is 5.75 Å². The number of thioether (sulfide) groups is 1. The van der Waals surface area contributed by atoms with Crippen LogP contribution in [-0.2, 0) is 19.4 Å². The van der Waals surface area contributed by atoms with E-state index in [9.17, 15) is 9.90 Å². The quantitative estimate of drug-likeness (QED) is 0.133. The van der Waals surface area contributed by atoms with Crippen molar-refractivity contribution in [3.8, 4) is 28.3 Å². The molecule has 0 spiro atoms. The van der Waals surface area contributed by atoms with Gasteiger partial charge in [-0.25, -0.2) is 0 Å². The lowest BCUT2D eigenvalue weighted by atomic mass is 10.0. The van der Waals surface area contributed by atoms with Gasteiger partial charge in [-0.05, 0) is 78.3 Å². The van der Waals surface area contributed by atoms with E-state index in [1.165, 1.54) is 24.0 Å². The topological polar surface area (TPSA) is 80.0 Å². The van der Waals surface area contributed by atoms with Crippen LogP contribution in [0, 0.1) is 0 Å². The van der Waals surface area contributed by atoms with Crippen molar-refractivity contribution >= 4 is 28.6 Å². The number of nitrogens with one attached hydrogen (secondary N) is 1. The monoisotopic (exact) mass is 626 g/mol. The maximum atomic E-state index is 13.5. The summed E-state index contributed by atoms with van der Waals surface area (Å²) in [5.74, 6) is 0.0984. The Kier molecular flexibility index (Phi) is 9.79. The van der Waals surface area contributed by atoms with Gasteiger partial charge in [-0.15, -0.1) is 11.8 Å². The van der Waals surface area contributed by atoms with Gasteiger partial charge in [-0.3, -0.25) is 14.5 Å². The van der Waals surface area contributed by atoms with E-state index in [0.717, 1.165) is 45.4 Å². The lowest BCUT2D eigenvalue weighted by Crippen LogP contribution is -2.33. The zero-order valence-corrected chi connectivity index (χ0v) is 27.0. The molecule has 0 radical (unpaired) electrons. The third kappa shape index (κ3) is 7.49. The molecule has 232 valence electrons. The molecule has 1 atom stereocenters.